The molecule has 0 aromatic rings. The molecule has 5 nitrogen and oxygen atoms in total. The standard InChI is InChI=1S/C14H21NO4.Na/c1-12(8-15-4-10(16)17)5-13(2)7-14(3,6-12)11(18)19-9-13;/h8H,4-7,9H2,1-3H3,(H,16,17);/q;+1/p-1/t12-,13+,14-;/m0./s1. The first-order valence-corrected chi connectivity index (χ1v) is 6.55. The molecular weight excluding hydrogens is 269 g/mol. The van der Waals surface area contributed by atoms with Crippen LogP contribution in [0.4, 0.5) is 0 Å². The maximum atomic E-state index is 12.0. The summed E-state index contributed by atoms with van der Waals surface area (Å²) in [4.78, 5) is 26.3. The van der Waals surface area contributed by atoms with E-state index < -0.39 is 11.4 Å². The van der Waals surface area contributed by atoms with Gasteiger partial charge in [0.2, 0.25) is 0 Å². The van der Waals surface area contributed by atoms with Crippen LogP contribution in [0, 0.1) is 16.2 Å². The molecule has 3 atom stereocenters. The number of carbonyl (C=O) groups is 2. The molecule has 2 bridgehead atoms. The minimum atomic E-state index is -1.19. The average molecular weight is 289 g/mol. The normalized spacial score (nSPS) is 40.0. The molecule has 1 aliphatic carbocycles. The number of rotatable bonds is 3. The van der Waals surface area contributed by atoms with Crippen molar-refractivity contribution in [3.05, 3.63) is 0 Å². The van der Waals surface area contributed by atoms with Crippen LogP contribution >= 0.6 is 0 Å². The third kappa shape index (κ3) is 3.62. The van der Waals surface area contributed by atoms with Crippen molar-refractivity contribution >= 4 is 18.2 Å². The van der Waals surface area contributed by atoms with Gasteiger partial charge in [0.15, 0.2) is 0 Å². The van der Waals surface area contributed by atoms with Crippen LogP contribution in [0.15, 0.2) is 4.99 Å². The number of carboxylic acid groups (broad SMARTS) is 1. The van der Waals surface area contributed by atoms with Gasteiger partial charge in [0.1, 0.15) is 0 Å². The third-order valence-corrected chi connectivity index (χ3v) is 4.11. The first-order valence-electron chi connectivity index (χ1n) is 6.55. The quantitative estimate of drug-likeness (QED) is 0.329. The smallest absolute Gasteiger partial charge is 0.548 e. The molecule has 0 aromatic carbocycles. The van der Waals surface area contributed by atoms with Crippen molar-refractivity contribution in [2.75, 3.05) is 13.2 Å². The SMILES string of the molecule is C[C@]1(C=NCC(=O)[O-])C[C@@]2(C)COC(=O)[C@@](C)(C1)C2.[Na+]. The summed E-state index contributed by atoms with van der Waals surface area (Å²) in [5.74, 6) is -1.34. The number of nitrogens with zero attached hydrogens (tertiary/aromatic N) is 1. The fourth-order valence-electron chi connectivity index (χ4n) is 4.09. The molecule has 1 heterocycles. The number of carboxylic acids is 1. The first kappa shape index (κ1) is 17.7. The molecule has 0 N–H and O–H groups in total. The number of carbonyl (C=O) groups excluding carboxylic acids is 2. The number of hydrogen-bond donors (Lipinski definition) is 0. The van der Waals surface area contributed by atoms with Crippen LogP contribution in [0.3, 0.4) is 0 Å². The van der Waals surface area contributed by atoms with Gasteiger partial charge in [0, 0.05) is 17.0 Å². The fourth-order valence-corrected chi connectivity index (χ4v) is 4.09. The molecule has 2 aliphatic rings. The molecule has 0 amide bonds. The summed E-state index contributed by atoms with van der Waals surface area (Å²) in [5, 5.41) is 10.4. The summed E-state index contributed by atoms with van der Waals surface area (Å²) in [7, 11) is 0. The fraction of sp³-hybridized carbons (Fsp3) is 0.786. The van der Waals surface area contributed by atoms with Crippen molar-refractivity contribution in [2.24, 2.45) is 21.2 Å². The van der Waals surface area contributed by atoms with Crippen LogP contribution in [-0.2, 0) is 14.3 Å². The van der Waals surface area contributed by atoms with Crippen molar-refractivity contribution in [1.82, 2.24) is 0 Å². The van der Waals surface area contributed by atoms with Crippen LogP contribution in [0.2, 0.25) is 0 Å². The Balaban J connectivity index is 0.00000200. The van der Waals surface area contributed by atoms with Crippen LogP contribution in [0.1, 0.15) is 40.0 Å². The molecule has 2 fully saturated rings. The van der Waals surface area contributed by atoms with Gasteiger partial charge in [-0.2, -0.15) is 0 Å². The summed E-state index contributed by atoms with van der Waals surface area (Å²) < 4.78 is 5.30. The Bertz CT molecular complexity index is 452. The second kappa shape index (κ2) is 5.78. The van der Waals surface area contributed by atoms with E-state index in [1.807, 2.05) is 13.8 Å². The summed E-state index contributed by atoms with van der Waals surface area (Å²) in [6.45, 7) is 6.18. The van der Waals surface area contributed by atoms with Gasteiger partial charge in [0.25, 0.3) is 0 Å². The van der Waals surface area contributed by atoms with Crippen LogP contribution < -0.4 is 34.7 Å². The minimum Gasteiger partial charge on any atom is -0.548 e. The number of ether oxygens (including phenoxy) is 1. The zero-order valence-electron chi connectivity index (χ0n) is 12.7. The molecule has 2 rings (SSSR count). The van der Waals surface area contributed by atoms with E-state index in [0.717, 1.165) is 12.8 Å². The summed E-state index contributed by atoms with van der Waals surface area (Å²) in [5.41, 5.74) is -0.812. The summed E-state index contributed by atoms with van der Waals surface area (Å²) in [6.07, 6.45) is 4.00. The Labute approximate surface area is 141 Å². The van der Waals surface area contributed by atoms with Gasteiger partial charge in [-0.15, -0.1) is 0 Å². The van der Waals surface area contributed by atoms with Gasteiger partial charge >= 0.3 is 35.5 Å². The molecule has 20 heavy (non-hydrogen) atoms. The van der Waals surface area contributed by atoms with Gasteiger partial charge in [-0.1, -0.05) is 13.8 Å². The maximum absolute atomic E-state index is 12.0. The molecule has 106 valence electrons. The maximum Gasteiger partial charge on any atom is 1.00 e. The molecule has 1 saturated carbocycles. The zero-order chi connectivity index (χ0) is 14.3. The van der Waals surface area contributed by atoms with E-state index in [4.69, 9.17) is 4.74 Å². The molecule has 6 heteroatoms. The second-order valence-electron chi connectivity index (χ2n) is 6.97. The van der Waals surface area contributed by atoms with Gasteiger partial charge in [0.05, 0.1) is 24.5 Å². The summed E-state index contributed by atoms with van der Waals surface area (Å²) >= 11 is 0. The predicted molar refractivity (Wildman–Crippen MR) is 67.5 cm³/mol. The number of cyclic esters (lactones) is 1. The van der Waals surface area contributed by atoms with Crippen molar-refractivity contribution in [3.8, 4) is 0 Å². The molecule has 1 saturated heterocycles. The van der Waals surface area contributed by atoms with E-state index in [1.165, 1.54) is 0 Å². The Morgan fingerprint density at radius 2 is 2.00 bits per heavy atom. The molecule has 0 radical (unpaired) electrons. The molecule has 0 aromatic heterocycles. The minimum absolute atomic E-state index is 0. The van der Waals surface area contributed by atoms with Gasteiger partial charge in [-0.25, -0.2) is 0 Å². The number of aliphatic carboxylic acids is 1. The molecule has 1 aliphatic heterocycles. The van der Waals surface area contributed by atoms with Crippen molar-refractivity contribution < 1.29 is 49.0 Å². The molecular formula is C14H20NNaO4. The average Bonchev–Trinajstić information content (AvgIpc) is 2.21. The van der Waals surface area contributed by atoms with Gasteiger partial charge in [-0.3, -0.25) is 9.79 Å². The Morgan fingerprint density at radius 3 is 2.60 bits per heavy atom. The van der Waals surface area contributed by atoms with Gasteiger partial charge < -0.3 is 14.6 Å². The molecule has 0 unspecified atom stereocenters. The van der Waals surface area contributed by atoms with Crippen LogP contribution in [-0.4, -0.2) is 31.3 Å². The number of hydrogen-bond acceptors (Lipinski definition) is 5. The van der Waals surface area contributed by atoms with E-state index in [0.29, 0.717) is 13.0 Å². The number of aliphatic imine (C=N–C) groups is 1. The van der Waals surface area contributed by atoms with Crippen molar-refractivity contribution in [2.45, 2.75) is 40.0 Å². The second-order valence-corrected chi connectivity index (χ2v) is 6.97. The van der Waals surface area contributed by atoms with Crippen molar-refractivity contribution in [1.29, 1.82) is 0 Å². The topological polar surface area (TPSA) is 78.8 Å². The van der Waals surface area contributed by atoms with E-state index in [1.54, 1.807) is 6.21 Å². The predicted octanol–water partition coefficient (Wildman–Crippen LogP) is -2.43. The van der Waals surface area contributed by atoms with Gasteiger partial charge in [-0.05, 0) is 26.2 Å². The van der Waals surface area contributed by atoms with E-state index in [9.17, 15) is 14.7 Å². The Kier molecular flexibility index (Phi) is 5.10. The Hall–Kier alpha value is -0.390. The third-order valence-electron chi connectivity index (χ3n) is 4.11. The van der Waals surface area contributed by atoms with E-state index >= 15 is 0 Å². The molecule has 0 spiro atoms. The summed E-state index contributed by atoms with van der Waals surface area (Å²) in [6, 6.07) is 0. The zero-order valence-corrected chi connectivity index (χ0v) is 14.7. The Morgan fingerprint density at radius 1 is 1.35 bits per heavy atom. The largest absolute Gasteiger partial charge is 1.00 e. The number of esters is 1. The van der Waals surface area contributed by atoms with Crippen LogP contribution in [0.5, 0.6) is 0 Å². The first-order chi connectivity index (χ1) is 8.67. The number of fused-ring (bicyclic) bond motifs is 2. The van der Waals surface area contributed by atoms with Crippen molar-refractivity contribution in [3.63, 3.8) is 0 Å². The van der Waals surface area contributed by atoms with E-state index in [-0.39, 0.29) is 52.9 Å². The van der Waals surface area contributed by atoms with Crippen LogP contribution in [0.25, 0.3) is 0 Å². The van der Waals surface area contributed by atoms with E-state index in [2.05, 4.69) is 11.9 Å². The monoisotopic (exact) mass is 289 g/mol.